The van der Waals surface area contributed by atoms with Crippen LogP contribution in [-0.2, 0) is 0 Å². The Balaban J connectivity index is 2.91. The van der Waals surface area contributed by atoms with Crippen LogP contribution in [0.3, 0.4) is 0 Å². The summed E-state index contributed by atoms with van der Waals surface area (Å²) in [5.74, 6) is 0. The van der Waals surface area contributed by atoms with Crippen molar-refractivity contribution in [2.45, 2.75) is 32.5 Å². The molecule has 19 heavy (non-hydrogen) atoms. The quantitative estimate of drug-likeness (QED) is 0.665. The SMILES string of the molecule is Cc1cc([N+](=O)[O-])c(Cl)cc1NC(C)CC(F)(F)F. The molecule has 0 saturated heterocycles. The summed E-state index contributed by atoms with van der Waals surface area (Å²) in [5, 5.41) is 13.2. The van der Waals surface area contributed by atoms with Crippen LogP contribution in [-0.4, -0.2) is 17.1 Å². The maximum Gasteiger partial charge on any atom is 0.391 e. The number of anilines is 1. The number of nitrogens with zero attached hydrogens (tertiary/aromatic N) is 1. The van der Waals surface area contributed by atoms with Crippen molar-refractivity contribution in [1.29, 1.82) is 0 Å². The van der Waals surface area contributed by atoms with Crippen molar-refractivity contribution in [3.63, 3.8) is 0 Å². The monoisotopic (exact) mass is 296 g/mol. The summed E-state index contributed by atoms with van der Waals surface area (Å²) in [4.78, 5) is 10.0. The maximum atomic E-state index is 12.2. The number of halogens is 4. The van der Waals surface area contributed by atoms with E-state index in [0.717, 1.165) is 0 Å². The summed E-state index contributed by atoms with van der Waals surface area (Å²) in [6, 6.07) is 1.64. The number of benzene rings is 1. The van der Waals surface area contributed by atoms with Crippen molar-refractivity contribution in [2.24, 2.45) is 0 Å². The molecule has 4 nitrogen and oxygen atoms in total. The molecule has 1 unspecified atom stereocenters. The standard InChI is InChI=1S/C11H12ClF3N2O2/c1-6-3-10(17(18)19)8(12)4-9(6)16-7(2)5-11(13,14)15/h3-4,7,16H,5H2,1-2H3. The predicted molar refractivity (Wildman–Crippen MR) is 66.6 cm³/mol. The van der Waals surface area contributed by atoms with Gasteiger partial charge >= 0.3 is 6.18 Å². The predicted octanol–water partition coefficient (Wildman–Crippen LogP) is 4.31. The molecule has 0 radical (unpaired) electrons. The summed E-state index contributed by atoms with van der Waals surface area (Å²) in [5.41, 5.74) is 0.547. The molecule has 0 spiro atoms. The highest BCUT2D eigenvalue weighted by Crippen LogP contribution is 2.31. The van der Waals surface area contributed by atoms with Crippen LogP contribution in [0.25, 0.3) is 0 Å². The zero-order valence-electron chi connectivity index (χ0n) is 10.2. The third-order valence-electron chi connectivity index (χ3n) is 2.43. The Kier molecular flexibility index (Phi) is 4.62. The second-order valence-electron chi connectivity index (χ2n) is 4.24. The van der Waals surface area contributed by atoms with Gasteiger partial charge in [-0.05, 0) is 25.5 Å². The molecular formula is C11H12ClF3N2O2. The third-order valence-corrected chi connectivity index (χ3v) is 2.73. The lowest BCUT2D eigenvalue weighted by atomic mass is 10.1. The Bertz CT molecular complexity index is 492. The molecule has 1 N–H and O–H groups in total. The first-order valence-corrected chi connectivity index (χ1v) is 5.76. The first-order chi connectivity index (χ1) is 8.60. The molecular weight excluding hydrogens is 285 g/mol. The van der Waals surface area contributed by atoms with Gasteiger partial charge in [0, 0.05) is 17.8 Å². The Morgan fingerprint density at radius 3 is 2.53 bits per heavy atom. The highest BCUT2D eigenvalue weighted by atomic mass is 35.5. The number of alkyl halides is 3. The number of nitro groups is 1. The maximum absolute atomic E-state index is 12.2. The van der Waals surface area contributed by atoms with E-state index in [2.05, 4.69) is 5.32 Å². The lowest BCUT2D eigenvalue weighted by Gasteiger charge is -2.18. The van der Waals surface area contributed by atoms with Crippen LogP contribution in [0.5, 0.6) is 0 Å². The van der Waals surface area contributed by atoms with Gasteiger partial charge in [0.25, 0.3) is 5.69 Å². The fourth-order valence-electron chi connectivity index (χ4n) is 1.63. The minimum Gasteiger partial charge on any atom is -0.382 e. The van der Waals surface area contributed by atoms with Gasteiger partial charge in [-0.25, -0.2) is 0 Å². The van der Waals surface area contributed by atoms with Gasteiger partial charge in [0.2, 0.25) is 0 Å². The van der Waals surface area contributed by atoms with Crippen LogP contribution in [0.15, 0.2) is 12.1 Å². The van der Waals surface area contributed by atoms with Gasteiger partial charge in [-0.2, -0.15) is 13.2 Å². The van der Waals surface area contributed by atoms with E-state index in [1.165, 1.54) is 19.1 Å². The van der Waals surface area contributed by atoms with Gasteiger partial charge < -0.3 is 5.32 Å². The highest BCUT2D eigenvalue weighted by Gasteiger charge is 2.30. The summed E-state index contributed by atoms with van der Waals surface area (Å²) in [6.45, 7) is 2.94. The van der Waals surface area contributed by atoms with E-state index >= 15 is 0 Å². The molecule has 0 aliphatic carbocycles. The highest BCUT2D eigenvalue weighted by molar-refractivity contribution is 6.33. The van der Waals surface area contributed by atoms with Crippen molar-refractivity contribution in [2.75, 3.05) is 5.32 Å². The molecule has 1 aromatic carbocycles. The van der Waals surface area contributed by atoms with Gasteiger partial charge in [0.05, 0.1) is 11.3 Å². The van der Waals surface area contributed by atoms with E-state index in [0.29, 0.717) is 11.3 Å². The zero-order valence-corrected chi connectivity index (χ0v) is 11.0. The van der Waals surface area contributed by atoms with Crippen molar-refractivity contribution >= 4 is 23.0 Å². The summed E-state index contributed by atoms with van der Waals surface area (Å²) in [7, 11) is 0. The van der Waals surface area contributed by atoms with Gasteiger partial charge in [-0.15, -0.1) is 0 Å². The van der Waals surface area contributed by atoms with Crippen LogP contribution in [0, 0.1) is 17.0 Å². The van der Waals surface area contributed by atoms with Crippen LogP contribution in [0.4, 0.5) is 24.5 Å². The van der Waals surface area contributed by atoms with E-state index in [-0.39, 0.29) is 10.7 Å². The van der Waals surface area contributed by atoms with Crippen molar-refractivity contribution in [3.8, 4) is 0 Å². The summed E-state index contributed by atoms with van der Waals surface area (Å²) >= 11 is 5.71. The van der Waals surface area contributed by atoms with E-state index in [4.69, 9.17) is 11.6 Å². The molecule has 1 aromatic rings. The van der Waals surface area contributed by atoms with Crippen LogP contribution in [0.2, 0.25) is 5.02 Å². The van der Waals surface area contributed by atoms with Gasteiger partial charge in [-0.3, -0.25) is 10.1 Å². The molecule has 106 valence electrons. The van der Waals surface area contributed by atoms with Crippen LogP contribution in [0.1, 0.15) is 18.9 Å². The first-order valence-electron chi connectivity index (χ1n) is 5.38. The average Bonchev–Trinajstić information content (AvgIpc) is 2.19. The molecule has 0 aliphatic heterocycles. The van der Waals surface area contributed by atoms with Crippen LogP contribution < -0.4 is 5.32 Å². The van der Waals surface area contributed by atoms with Gasteiger partial charge in [-0.1, -0.05) is 11.6 Å². The van der Waals surface area contributed by atoms with E-state index in [1.807, 2.05) is 0 Å². The number of hydrogen-bond donors (Lipinski definition) is 1. The second-order valence-corrected chi connectivity index (χ2v) is 4.65. The molecule has 0 saturated carbocycles. The Labute approximate surface area is 112 Å². The second kappa shape index (κ2) is 5.64. The minimum atomic E-state index is -4.27. The zero-order chi connectivity index (χ0) is 14.8. The summed E-state index contributed by atoms with van der Waals surface area (Å²) in [6.07, 6.45) is -5.27. The lowest BCUT2D eigenvalue weighted by Crippen LogP contribution is -2.24. The van der Waals surface area contributed by atoms with Crippen molar-refractivity contribution < 1.29 is 18.1 Å². The molecule has 8 heteroatoms. The number of nitrogens with one attached hydrogen (secondary N) is 1. The Morgan fingerprint density at radius 1 is 1.47 bits per heavy atom. The molecule has 0 fully saturated rings. The normalized spacial score (nSPS) is 13.2. The van der Waals surface area contributed by atoms with Gasteiger partial charge in [0.1, 0.15) is 5.02 Å². The fraction of sp³-hybridized carbons (Fsp3) is 0.455. The Hall–Kier alpha value is -1.50. The number of rotatable bonds is 4. The van der Waals surface area contributed by atoms with Gasteiger partial charge in [0.15, 0.2) is 0 Å². The third kappa shape index (κ3) is 4.59. The van der Waals surface area contributed by atoms with E-state index < -0.39 is 23.6 Å². The number of hydrogen-bond acceptors (Lipinski definition) is 3. The fourth-order valence-corrected chi connectivity index (χ4v) is 1.86. The van der Waals surface area contributed by atoms with Crippen molar-refractivity contribution in [1.82, 2.24) is 0 Å². The van der Waals surface area contributed by atoms with E-state index in [1.54, 1.807) is 6.92 Å². The topological polar surface area (TPSA) is 55.2 Å². The Morgan fingerprint density at radius 2 is 2.05 bits per heavy atom. The smallest absolute Gasteiger partial charge is 0.382 e. The van der Waals surface area contributed by atoms with Crippen molar-refractivity contribution in [3.05, 3.63) is 32.8 Å². The average molecular weight is 297 g/mol. The molecule has 0 heterocycles. The molecule has 0 bridgehead atoms. The molecule has 0 amide bonds. The van der Waals surface area contributed by atoms with Crippen LogP contribution >= 0.6 is 11.6 Å². The summed E-state index contributed by atoms with van der Waals surface area (Å²) < 4.78 is 36.6. The largest absolute Gasteiger partial charge is 0.391 e. The molecule has 0 aliphatic rings. The first kappa shape index (κ1) is 15.6. The molecule has 0 aromatic heterocycles. The molecule has 1 rings (SSSR count). The van der Waals surface area contributed by atoms with E-state index in [9.17, 15) is 23.3 Å². The number of aryl methyl sites for hydroxylation is 1. The minimum absolute atomic E-state index is 0.114. The lowest BCUT2D eigenvalue weighted by molar-refractivity contribution is -0.384. The molecule has 1 atom stereocenters. The number of nitro benzene ring substituents is 1.